The van der Waals surface area contributed by atoms with Crippen molar-refractivity contribution in [2.75, 3.05) is 6.54 Å². The normalized spacial score (nSPS) is 33.9. The molecule has 4 atom stereocenters. The van der Waals surface area contributed by atoms with Crippen LogP contribution in [0.5, 0.6) is 0 Å². The van der Waals surface area contributed by atoms with E-state index in [-0.39, 0.29) is 0 Å². The molecule has 2 aliphatic heterocycles. The van der Waals surface area contributed by atoms with Crippen LogP contribution in [0.4, 0.5) is 0 Å². The quantitative estimate of drug-likeness (QED) is 0.695. The van der Waals surface area contributed by atoms with Gasteiger partial charge < -0.3 is 10.1 Å². The van der Waals surface area contributed by atoms with Crippen molar-refractivity contribution in [2.24, 2.45) is 5.92 Å². The van der Waals surface area contributed by atoms with Gasteiger partial charge in [0.25, 0.3) is 0 Å². The molecular formula is C14H23NO. The Labute approximate surface area is 99.1 Å². The van der Waals surface area contributed by atoms with Crippen LogP contribution >= 0.6 is 0 Å². The van der Waals surface area contributed by atoms with Gasteiger partial charge in [-0.1, -0.05) is 6.92 Å². The highest BCUT2D eigenvalue weighted by Gasteiger charge is 2.43. The van der Waals surface area contributed by atoms with Crippen molar-refractivity contribution in [1.29, 1.82) is 0 Å². The maximum Gasteiger partial charge on any atom is 0.0623 e. The average molecular weight is 221 g/mol. The summed E-state index contributed by atoms with van der Waals surface area (Å²) in [5.74, 6) is 3.47. The molecule has 2 rings (SSSR count). The molecule has 2 nitrogen and oxygen atoms in total. The first-order valence-corrected chi connectivity index (χ1v) is 6.67. The first-order chi connectivity index (χ1) is 7.85. The minimum Gasteiger partial charge on any atom is -0.375 e. The van der Waals surface area contributed by atoms with Crippen LogP contribution in [0.25, 0.3) is 0 Å². The molecule has 1 N–H and O–H groups in total. The summed E-state index contributed by atoms with van der Waals surface area (Å²) in [4.78, 5) is 0. The first kappa shape index (κ1) is 12.0. The number of rotatable bonds is 6. The minimum absolute atomic E-state index is 0.511. The van der Waals surface area contributed by atoms with Crippen LogP contribution in [0.2, 0.25) is 0 Å². The predicted octanol–water partition coefficient (Wildman–Crippen LogP) is 2.34. The maximum atomic E-state index is 5.93. The summed E-state index contributed by atoms with van der Waals surface area (Å²) in [5, 5.41) is 3.66. The van der Waals surface area contributed by atoms with Gasteiger partial charge in [-0.15, -0.1) is 12.3 Å². The molecule has 2 aliphatic rings. The Hall–Kier alpha value is -0.520. The lowest BCUT2D eigenvalue weighted by molar-refractivity contribution is 0.0851. The van der Waals surface area contributed by atoms with Crippen molar-refractivity contribution in [1.82, 2.24) is 5.32 Å². The summed E-state index contributed by atoms with van der Waals surface area (Å²) in [6.07, 6.45) is 13.4. The zero-order valence-corrected chi connectivity index (χ0v) is 10.2. The van der Waals surface area contributed by atoms with E-state index < -0.39 is 0 Å². The van der Waals surface area contributed by atoms with Crippen LogP contribution in [0.15, 0.2) is 0 Å². The largest absolute Gasteiger partial charge is 0.375 e. The van der Waals surface area contributed by atoms with Crippen LogP contribution < -0.4 is 5.32 Å². The lowest BCUT2D eigenvalue weighted by Crippen LogP contribution is -2.41. The van der Waals surface area contributed by atoms with E-state index in [4.69, 9.17) is 11.2 Å². The van der Waals surface area contributed by atoms with E-state index in [1.807, 2.05) is 0 Å². The molecule has 0 spiro atoms. The zero-order valence-electron chi connectivity index (χ0n) is 10.2. The molecule has 0 aliphatic carbocycles. The third-order valence-electron chi connectivity index (χ3n) is 3.93. The highest BCUT2D eigenvalue weighted by Crippen LogP contribution is 2.41. The Morgan fingerprint density at radius 1 is 1.50 bits per heavy atom. The summed E-state index contributed by atoms with van der Waals surface area (Å²) in [5.41, 5.74) is 0. The summed E-state index contributed by atoms with van der Waals surface area (Å²) in [6, 6.07) is 0.575. The Bertz CT molecular complexity index is 258. The summed E-state index contributed by atoms with van der Waals surface area (Å²) in [7, 11) is 0. The second kappa shape index (κ2) is 5.70. The van der Waals surface area contributed by atoms with Crippen LogP contribution in [0.1, 0.15) is 45.4 Å². The molecule has 0 radical (unpaired) electrons. The molecule has 0 aromatic rings. The Balaban J connectivity index is 1.87. The average Bonchev–Trinajstić information content (AvgIpc) is 2.91. The molecule has 2 heteroatoms. The summed E-state index contributed by atoms with van der Waals surface area (Å²) in [6.45, 7) is 3.31. The topological polar surface area (TPSA) is 21.3 Å². The molecule has 90 valence electrons. The van der Waals surface area contributed by atoms with E-state index in [1.165, 1.54) is 25.7 Å². The molecule has 0 amide bonds. The van der Waals surface area contributed by atoms with Crippen molar-refractivity contribution in [3.05, 3.63) is 0 Å². The van der Waals surface area contributed by atoms with E-state index in [9.17, 15) is 0 Å². The molecule has 2 heterocycles. The van der Waals surface area contributed by atoms with Crippen LogP contribution in [-0.2, 0) is 4.74 Å². The number of hydrogen-bond acceptors (Lipinski definition) is 2. The number of fused-ring (bicyclic) bond motifs is 2. The molecule has 4 unspecified atom stereocenters. The predicted molar refractivity (Wildman–Crippen MR) is 66.2 cm³/mol. The number of hydrogen-bond donors (Lipinski definition) is 1. The molecule has 0 aromatic carbocycles. The second-order valence-electron chi connectivity index (χ2n) is 5.08. The van der Waals surface area contributed by atoms with Gasteiger partial charge in [0.2, 0.25) is 0 Å². The van der Waals surface area contributed by atoms with E-state index >= 15 is 0 Å². The minimum atomic E-state index is 0.511. The fourth-order valence-corrected chi connectivity index (χ4v) is 3.14. The van der Waals surface area contributed by atoms with E-state index in [0.29, 0.717) is 24.2 Å². The second-order valence-corrected chi connectivity index (χ2v) is 5.08. The van der Waals surface area contributed by atoms with E-state index in [1.54, 1.807) is 0 Å². The lowest BCUT2D eigenvalue weighted by Gasteiger charge is -2.29. The fourth-order valence-electron chi connectivity index (χ4n) is 3.14. The van der Waals surface area contributed by atoms with Gasteiger partial charge >= 0.3 is 0 Å². The number of terminal acetylenes is 1. The molecular weight excluding hydrogens is 198 g/mol. The van der Waals surface area contributed by atoms with Crippen molar-refractivity contribution < 1.29 is 4.74 Å². The standard InChI is InChI=1S/C14H23NO/c1-3-5-6-13(15-9-4-2)12-10-11-7-8-14(12)16-11/h1,11-15H,4-10H2,2H3. The smallest absolute Gasteiger partial charge is 0.0623 e. The van der Waals surface area contributed by atoms with Gasteiger partial charge in [-0.3, -0.25) is 0 Å². The third-order valence-corrected chi connectivity index (χ3v) is 3.93. The van der Waals surface area contributed by atoms with Crippen molar-refractivity contribution in [3.8, 4) is 12.3 Å². The van der Waals surface area contributed by atoms with Crippen molar-refractivity contribution in [2.45, 2.75) is 63.7 Å². The summed E-state index contributed by atoms with van der Waals surface area (Å²) >= 11 is 0. The van der Waals surface area contributed by atoms with E-state index in [2.05, 4.69) is 18.2 Å². The van der Waals surface area contributed by atoms with Crippen LogP contribution in [-0.4, -0.2) is 24.8 Å². The van der Waals surface area contributed by atoms with E-state index in [0.717, 1.165) is 19.4 Å². The Kier molecular flexibility index (Phi) is 4.26. The van der Waals surface area contributed by atoms with Gasteiger partial charge in [-0.05, 0) is 38.6 Å². The monoisotopic (exact) mass is 221 g/mol. The molecule has 0 aromatic heterocycles. The Morgan fingerprint density at radius 2 is 2.38 bits per heavy atom. The van der Waals surface area contributed by atoms with Gasteiger partial charge in [0.15, 0.2) is 0 Å². The van der Waals surface area contributed by atoms with Gasteiger partial charge in [0, 0.05) is 18.4 Å². The summed E-state index contributed by atoms with van der Waals surface area (Å²) < 4.78 is 5.93. The zero-order chi connectivity index (χ0) is 11.4. The number of ether oxygens (including phenoxy) is 1. The highest BCUT2D eigenvalue weighted by atomic mass is 16.5. The molecule has 2 bridgehead atoms. The maximum absolute atomic E-state index is 5.93. The Morgan fingerprint density at radius 3 is 2.94 bits per heavy atom. The van der Waals surface area contributed by atoms with Crippen LogP contribution in [0.3, 0.4) is 0 Å². The first-order valence-electron chi connectivity index (χ1n) is 6.67. The van der Waals surface area contributed by atoms with Crippen molar-refractivity contribution in [3.63, 3.8) is 0 Å². The SMILES string of the molecule is C#CCCC(NCCC)C1CC2CCC1O2. The van der Waals surface area contributed by atoms with Crippen molar-refractivity contribution >= 4 is 0 Å². The molecule has 0 saturated carbocycles. The molecule has 2 fully saturated rings. The number of nitrogens with one attached hydrogen (secondary N) is 1. The van der Waals surface area contributed by atoms with Gasteiger partial charge in [0.1, 0.15) is 0 Å². The van der Waals surface area contributed by atoms with Gasteiger partial charge in [-0.25, -0.2) is 0 Å². The fraction of sp³-hybridized carbons (Fsp3) is 0.857. The lowest BCUT2D eigenvalue weighted by atomic mass is 9.82. The highest BCUT2D eigenvalue weighted by molar-refractivity contribution is 4.97. The van der Waals surface area contributed by atoms with Crippen LogP contribution in [0, 0.1) is 18.3 Å². The third kappa shape index (κ3) is 2.59. The molecule has 2 saturated heterocycles. The molecule has 16 heavy (non-hydrogen) atoms. The van der Waals surface area contributed by atoms with Gasteiger partial charge in [0.05, 0.1) is 12.2 Å². The van der Waals surface area contributed by atoms with Gasteiger partial charge in [-0.2, -0.15) is 0 Å².